The smallest absolute Gasteiger partial charge is 0.0875 e. The van der Waals surface area contributed by atoms with Crippen molar-refractivity contribution in [3.8, 4) is 6.07 Å². The topological polar surface area (TPSA) is 53.2 Å². The highest BCUT2D eigenvalue weighted by Crippen LogP contribution is 2.35. The maximum Gasteiger partial charge on any atom is 0.0875 e. The van der Waals surface area contributed by atoms with Crippen LogP contribution < -0.4 is 0 Å². The molecular weight excluding hydrogens is 210 g/mol. The fourth-order valence-corrected chi connectivity index (χ4v) is 2.41. The van der Waals surface area contributed by atoms with E-state index in [4.69, 9.17) is 4.74 Å². The fraction of sp³-hybridized carbons (Fsp3) is 0.909. The van der Waals surface area contributed by atoms with Gasteiger partial charge in [0.1, 0.15) is 0 Å². The minimum absolute atomic E-state index is 0.487. The molecule has 0 bridgehead atoms. The summed E-state index contributed by atoms with van der Waals surface area (Å²) >= 11 is 1.78. The minimum atomic E-state index is -0.545. The third-order valence-electron chi connectivity index (χ3n) is 3.07. The summed E-state index contributed by atoms with van der Waals surface area (Å²) in [6.45, 7) is 1.21. The van der Waals surface area contributed by atoms with E-state index in [9.17, 15) is 10.4 Å². The molecule has 0 aromatic heterocycles. The zero-order chi connectivity index (χ0) is 11.1. The van der Waals surface area contributed by atoms with Crippen molar-refractivity contribution < 1.29 is 9.84 Å². The summed E-state index contributed by atoms with van der Waals surface area (Å²) in [5, 5.41) is 19.3. The Kier molecular flexibility index (Phi) is 5.44. The summed E-state index contributed by atoms with van der Waals surface area (Å²) in [6, 6.07) is 2.31. The predicted molar refractivity (Wildman–Crippen MR) is 61.7 cm³/mol. The van der Waals surface area contributed by atoms with Gasteiger partial charge in [0.15, 0.2) is 0 Å². The molecule has 1 aliphatic heterocycles. The van der Waals surface area contributed by atoms with E-state index in [1.807, 2.05) is 0 Å². The van der Waals surface area contributed by atoms with Crippen LogP contribution in [0, 0.1) is 16.7 Å². The van der Waals surface area contributed by atoms with Gasteiger partial charge >= 0.3 is 0 Å². The molecule has 15 heavy (non-hydrogen) atoms. The average molecular weight is 229 g/mol. The van der Waals surface area contributed by atoms with E-state index in [1.165, 1.54) is 0 Å². The maximum absolute atomic E-state index is 10.1. The second-order valence-electron chi connectivity index (χ2n) is 4.03. The van der Waals surface area contributed by atoms with E-state index in [1.54, 1.807) is 11.8 Å². The summed E-state index contributed by atoms with van der Waals surface area (Å²) in [5.74, 6) is 1.05. The first-order valence-electron chi connectivity index (χ1n) is 5.41. The highest BCUT2D eigenvalue weighted by Gasteiger charge is 2.39. The standard InChI is InChI=1S/C11H19NO2S/c1-15-8-2-3-10(13)11(9-12)4-6-14-7-5-11/h10,13H,2-8H2,1H3. The normalized spacial score (nSPS) is 21.9. The first kappa shape index (κ1) is 12.8. The first-order chi connectivity index (χ1) is 7.25. The SMILES string of the molecule is CSCCCC(O)C1(C#N)CCOCC1. The van der Waals surface area contributed by atoms with Crippen LogP contribution in [0.4, 0.5) is 0 Å². The molecule has 1 saturated heterocycles. The van der Waals surface area contributed by atoms with Gasteiger partial charge in [-0.25, -0.2) is 0 Å². The Labute approximate surface area is 95.8 Å². The average Bonchev–Trinajstić information content (AvgIpc) is 2.30. The van der Waals surface area contributed by atoms with Crippen molar-refractivity contribution in [3.63, 3.8) is 0 Å². The van der Waals surface area contributed by atoms with Crippen LogP contribution in [-0.4, -0.2) is 36.4 Å². The number of hydrogen-bond acceptors (Lipinski definition) is 4. The van der Waals surface area contributed by atoms with Gasteiger partial charge in [-0.15, -0.1) is 0 Å². The number of aliphatic hydroxyl groups excluding tert-OH is 1. The van der Waals surface area contributed by atoms with Gasteiger partial charge < -0.3 is 9.84 Å². The van der Waals surface area contributed by atoms with E-state index in [-0.39, 0.29) is 0 Å². The lowest BCUT2D eigenvalue weighted by Crippen LogP contribution is -2.39. The van der Waals surface area contributed by atoms with Gasteiger partial charge in [-0.05, 0) is 37.7 Å². The molecule has 0 radical (unpaired) electrons. The molecular formula is C11H19NO2S. The molecule has 1 aliphatic rings. The van der Waals surface area contributed by atoms with Crippen LogP contribution in [0.5, 0.6) is 0 Å². The van der Waals surface area contributed by atoms with Crippen LogP contribution in [0.3, 0.4) is 0 Å². The molecule has 86 valence electrons. The van der Waals surface area contributed by atoms with E-state index in [2.05, 4.69) is 12.3 Å². The predicted octanol–water partition coefficient (Wildman–Crippen LogP) is 1.81. The Hall–Kier alpha value is -0.240. The maximum atomic E-state index is 10.1. The second kappa shape index (κ2) is 6.37. The molecule has 0 saturated carbocycles. The number of ether oxygens (including phenoxy) is 1. The Morgan fingerprint density at radius 1 is 1.53 bits per heavy atom. The van der Waals surface area contributed by atoms with Crippen molar-refractivity contribution in [2.75, 3.05) is 25.2 Å². The summed E-state index contributed by atoms with van der Waals surface area (Å²) < 4.78 is 5.24. The number of thioether (sulfide) groups is 1. The van der Waals surface area contributed by atoms with Gasteiger partial charge in [0.2, 0.25) is 0 Å². The first-order valence-corrected chi connectivity index (χ1v) is 6.80. The van der Waals surface area contributed by atoms with Gasteiger partial charge in [-0.3, -0.25) is 0 Å². The summed E-state index contributed by atoms with van der Waals surface area (Å²) in [7, 11) is 0. The van der Waals surface area contributed by atoms with E-state index < -0.39 is 11.5 Å². The van der Waals surface area contributed by atoms with Crippen molar-refractivity contribution in [1.82, 2.24) is 0 Å². The van der Waals surface area contributed by atoms with E-state index in [0.717, 1.165) is 18.6 Å². The third kappa shape index (κ3) is 3.37. The molecule has 4 heteroatoms. The minimum Gasteiger partial charge on any atom is -0.391 e. The van der Waals surface area contributed by atoms with Crippen molar-refractivity contribution in [2.24, 2.45) is 5.41 Å². The van der Waals surface area contributed by atoms with Crippen LogP contribution >= 0.6 is 11.8 Å². The van der Waals surface area contributed by atoms with Crippen molar-refractivity contribution in [3.05, 3.63) is 0 Å². The molecule has 0 spiro atoms. The highest BCUT2D eigenvalue weighted by molar-refractivity contribution is 7.98. The largest absolute Gasteiger partial charge is 0.391 e. The summed E-state index contributed by atoms with van der Waals surface area (Å²) in [6.07, 6.45) is 4.62. The number of nitrogens with zero attached hydrogens (tertiary/aromatic N) is 1. The molecule has 0 aromatic carbocycles. The van der Waals surface area contributed by atoms with Crippen molar-refractivity contribution >= 4 is 11.8 Å². The molecule has 1 N–H and O–H groups in total. The van der Waals surface area contributed by atoms with Crippen LogP contribution in [0.1, 0.15) is 25.7 Å². The molecule has 0 amide bonds. The van der Waals surface area contributed by atoms with Gasteiger partial charge in [-0.1, -0.05) is 0 Å². The van der Waals surface area contributed by atoms with E-state index in [0.29, 0.717) is 26.1 Å². The quantitative estimate of drug-likeness (QED) is 0.731. The molecule has 0 aliphatic carbocycles. The number of rotatable bonds is 5. The van der Waals surface area contributed by atoms with Crippen LogP contribution in [0.2, 0.25) is 0 Å². The van der Waals surface area contributed by atoms with Crippen molar-refractivity contribution in [2.45, 2.75) is 31.8 Å². The molecule has 1 heterocycles. The van der Waals surface area contributed by atoms with Gasteiger partial charge in [0.25, 0.3) is 0 Å². The summed E-state index contributed by atoms with van der Waals surface area (Å²) in [4.78, 5) is 0. The summed E-state index contributed by atoms with van der Waals surface area (Å²) in [5.41, 5.74) is -0.545. The Bertz CT molecular complexity index is 221. The van der Waals surface area contributed by atoms with Gasteiger partial charge in [0.05, 0.1) is 17.6 Å². The lowest BCUT2D eigenvalue weighted by Gasteiger charge is -2.34. The van der Waals surface area contributed by atoms with E-state index >= 15 is 0 Å². The van der Waals surface area contributed by atoms with Crippen LogP contribution in [0.15, 0.2) is 0 Å². The second-order valence-corrected chi connectivity index (χ2v) is 5.02. The molecule has 3 nitrogen and oxygen atoms in total. The number of hydrogen-bond donors (Lipinski definition) is 1. The third-order valence-corrected chi connectivity index (χ3v) is 3.77. The molecule has 1 fully saturated rings. The zero-order valence-electron chi connectivity index (χ0n) is 9.24. The number of aliphatic hydroxyl groups is 1. The monoisotopic (exact) mass is 229 g/mol. The lowest BCUT2D eigenvalue weighted by molar-refractivity contribution is -0.0326. The number of nitriles is 1. The zero-order valence-corrected chi connectivity index (χ0v) is 10.1. The Morgan fingerprint density at radius 3 is 2.73 bits per heavy atom. The fourth-order valence-electron chi connectivity index (χ4n) is 1.95. The highest BCUT2D eigenvalue weighted by atomic mass is 32.2. The Balaban J connectivity index is 2.45. The van der Waals surface area contributed by atoms with Crippen molar-refractivity contribution in [1.29, 1.82) is 5.26 Å². The molecule has 1 rings (SSSR count). The molecule has 1 atom stereocenters. The Morgan fingerprint density at radius 2 is 2.20 bits per heavy atom. The van der Waals surface area contributed by atoms with Gasteiger partial charge in [-0.2, -0.15) is 17.0 Å². The lowest BCUT2D eigenvalue weighted by atomic mass is 9.75. The molecule has 0 aromatic rings. The molecule has 1 unspecified atom stereocenters. The van der Waals surface area contributed by atoms with Crippen LogP contribution in [0.25, 0.3) is 0 Å². The van der Waals surface area contributed by atoms with Crippen LogP contribution in [-0.2, 0) is 4.74 Å². The van der Waals surface area contributed by atoms with Gasteiger partial charge in [0, 0.05) is 13.2 Å².